The van der Waals surface area contributed by atoms with Crippen molar-refractivity contribution in [1.29, 1.82) is 0 Å². The van der Waals surface area contributed by atoms with Gasteiger partial charge in [0, 0.05) is 5.69 Å². The van der Waals surface area contributed by atoms with Crippen LogP contribution in [-0.2, 0) is 4.74 Å². The molecule has 2 rings (SSSR count). The summed E-state index contributed by atoms with van der Waals surface area (Å²) in [6.45, 7) is 2.44. The number of methoxy groups -OCH3 is 2. The molecule has 0 aliphatic rings. The highest BCUT2D eigenvalue weighted by atomic mass is 16.5. The van der Waals surface area contributed by atoms with Crippen LogP contribution in [-0.4, -0.2) is 32.7 Å². The van der Waals surface area contributed by atoms with Gasteiger partial charge in [0.25, 0.3) is 5.91 Å². The lowest BCUT2D eigenvalue weighted by atomic mass is 10.1. The molecule has 0 unspecified atom stereocenters. The molecule has 6 heteroatoms. The van der Waals surface area contributed by atoms with Crippen molar-refractivity contribution < 1.29 is 23.8 Å². The Balaban J connectivity index is 2.07. The van der Waals surface area contributed by atoms with Crippen molar-refractivity contribution in [3.8, 4) is 11.5 Å². The van der Waals surface area contributed by atoms with Crippen molar-refractivity contribution in [2.75, 3.05) is 26.1 Å². The molecule has 1 amide bonds. The molecule has 0 aromatic heterocycles. The van der Waals surface area contributed by atoms with E-state index in [9.17, 15) is 9.59 Å². The Morgan fingerprint density at radius 2 is 1.73 bits per heavy atom. The van der Waals surface area contributed by atoms with Crippen LogP contribution in [0.1, 0.15) is 40.5 Å². The van der Waals surface area contributed by atoms with Crippen LogP contribution < -0.4 is 14.8 Å². The van der Waals surface area contributed by atoms with Crippen LogP contribution in [0.2, 0.25) is 0 Å². The van der Waals surface area contributed by atoms with E-state index in [1.165, 1.54) is 14.2 Å². The van der Waals surface area contributed by atoms with Gasteiger partial charge in [0.1, 0.15) is 11.5 Å². The van der Waals surface area contributed by atoms with Crippen LogP contribution in [0.25, 0.3) is 0 Å². The molecule has 0 atom stereocenters. The van der Waals surface area contributed by atoms with Crippen LogP contribution >= 0.6 is 0 Å². The van der Waals surface area contributed by atoms with Crippen molar-refractivity contribution >= 4 is 17.6 Å². The number of nitrogens with one attached hydrogen (secondary N) is 1. The fourth-order valence-corrected chi connectivity index (χ4v) is 2.27. The molecule has 0 heterocycles. The molecule has 0 radical (unpaired) electrons. The van der Waals surface area contributed by atoms with E-state index < -0.39 is 0 Å². The first-order valence-electron chi connectivity index (χ1n) is 8.39. The van der Waals surface area contributed by atoms with E-state index in [0.29, 0.717) is 34.9 Å². The number of ether oxygens (including phenoxy) is 3. The molecule has 26 heavy (non-hydrogen) atoms. The average molecular weight is 357 g/mol. The Morgan fingerprint density at radius 3 is 2.35 bits per heavy atom. The molecule has 1 N–H and O–H groups in total. The fraction of sp³-hybridized carbons (Fsp3) is 0.300. The van der Waals surface area contributed by atoms with Gasteiger partial charge in [-0.15, -0.1) is 0 Å². The monoisotopic (exact) mass is 357 g/mol. The number of benzene rings is 2. The minimum Gasteiger partial charge on any atom is -0.497 e. The molecule has 0 saturated heterocycles. The second kappa shape index (κ2) is 9.46. The normalized spacial score (nSPS) is 10.1. The molecule has 6 nitrogen and oxygen atoms in total. The first kappa shape index (κ1) is 19.3. The average Bonchev–Trinajstić information content (AvgIpc) is 2.68. The highest BCUT2D eigenvalue weighted by Crippen LogP contribution is 2.25. The molecule has 2 aromatic carbocycles. The van der Waals surface area contributed by atoms with Crippen molar-refractivity contribution in [2.45, 2.75) is 19.8 Å². The standard InChI is InChI=1S/C20H23NO5/c1-4-5-12-26-20(23)14-6-8-15(9-7-14)21-19(22)17-13-16(24-2)10-11-18(17)25-3/h6-11,13H,4-5,12H2,1-3H3,(H,21,22). The van der Waals surface area contributed by atoms with E-state index in [1.807, 2.05) is 6.92 Å². The SMILES string of the molecule is CCCCOC(=O)c1ccc(NC(=O)c2cc(OC)ccc2OC)cc1. The summed E-state index contributed by atoms with van der Waals surface area (Å²) in [5, 5.41) is 2.78. The zero-order chi connectivity index (χ0) is 18.9. The number of hydrogen-bond acceptors (Lipinski definition) is 5. The first-order chi connectivity index (χ1) is 12.6. The summed E-state index contributed by atoms with van der Waals surface area (Å²) in [5.41, 5.74) is 1.36. The van der Waals surface area contributed by atoms with E-state index in [4.69, 9.17) is 14.2 Å². The summed E-state index contributed by atoms with van der Waals surface area (Å²) in [5.74, 6) is 0.297. The number of anilines is 1. The van der Waals surface area contributed by atoms with Crippen LogP contribution in [0.4, 0.5) is 5.69 Å². The maximum absolute atomic E-state index is 12.5. The molecule has 0 fully saturated rings. The molecule has 0 aliphatic heterocycles. The van der Waals surface area contributed by atoms with E-state index in [2.05, 4.69) is 5.32 Å². The van der Waals surface area contributed by atoms with Gasteiger partial charge in [-0.2, -0.15) is 0 Å². The molecule has 0 bridgehead atoms. The maximum atomic E-state index is 12.5. The first-order valence-corrected chi connectivity index (χ1v) is 8.39. The van der Waals surface area contributed by atoms with Gasteiger partial charge in [0.15, 0.2) is 0 Å². The Morgan fingerprint density at radius 1 is 1.00 bits per heavy atom. The summed E-state index contributed by atoms with van der Waals surface area (Å²) >= 11 is 0. The van der Waals surface area contributed by atoms with Crippen molar-refractivity contribution in [3.05, 3.63) is 53.6 Å². The summed E-state index contributed by atoms with van der Waals surface area (Å²) in [4.78, 5) is 24.4. The minimum atomic E-state index is -0.370. The number of unbranched alkanes of at least 4 members (excludes halogenated alkanes) is 1. The fourth-order valence-electron chi connectivity index (χ4n) is 2.27. The zero-order valence-electron chi connectivity index (χ0n) is 15.2. The molecule has 138 valence electrons. The van der Waals surface area contributed by atoms with Gasteiger partial charge in [-0.05, 0) is 48.9 Å². The molecule has 0 aliphatic carbocycles. The lowest BCUT2D eigenvalue weighted by molar-refractivity contribution is 0.0499. The van der Waals surface area contributed by atoms with E-state index in [1.54, 1.807) is 42.5 Å². The molecular formula is C20H23NO5. The Kier molecular flexibility index (Phi) is 7.02. The number of carbonyl (C=O) groups excluding carboxylic acids is 2. The molecule has 0 spiro atoms. The van der Waals surface area contributed by atoms with Crippen LogP contribution in [0.3, 0.4) is 0 Å². The lowest BCUT2D eigenvalue weighted by Crippen LogP contribution is -2.13. The van der Waals surface area contributed by atoms with Gasteiger partial charge in [-0.3, -0.25) is 4.79 Å². The zero-order valence-corrected chi connectivity index (χ0v) is 15.2. The van der Waals surface area contributed by atoms with Crippen LogP contribution in [0.15, 0.2) is 42.5 Å². The third kappa shape index (κ3) is 4.99. The summed E-state index contributed by atoms with van der Waals surface area (Å²) < 4.78 is 15.5. The Labute approximate surface area is 153 Å². The van der Waals surface area contributed by atoms with Crippen LogP contribution in [0, 0.1) is 0 Å². The maximum Gasteiger partial charge on any atom is 0.338 e. The topological polar surface area (TPSA) is 73.9 Å². The summed E-state index contributed by atoms with van der Waals surface area (Å²) in [6.07, 6.45) is 1.80. The molecule has 2 aromatic rings. The third-order valence-corrected chi connectivity index (χ3v) is 3.76. The Hall–Kier alpha value is -3.02. The largest absolute Gasteiger partial charge is 0.497 e. The third-order valence-electron chi connectivity index (χ3n) is 3.76. The summed E-state index contributed by atoms with van der Waals surface area (Å²) in [7, 11) is 3.03. The molecular weight excluding hydrogens is 334 g/mol. The van der Waals surface area contributed by atoms with Gasteiger partial charge in [0.2, 0.25) is 0 Å². The van der Waals surface area contributed by atoms with Crippen molar-refractivity contribution in [3.63, 3.8) is 0 Å². The second-order valence-electron chi connectivity index (χ2n) is 5.59. The number of rotatable bonds is 8. The lowest BCUT2D eigenvalue weighted by Gasteiger charge is -2.11. The Bertz CT molecular complexity index is 755. The van der Waals surface area contributed by atoms with Gasteiger partial charge < -0.3 is 19.5 Å². The predicted molar refractivity (Wildman–Crippen MR) is 99.1 cm³/mol. The van der Waals surface area contributed by atoms with E-state index in [-0.39, 0.29) is 11.9 Å². The van der Waals surface area contributed by atoms with Crippen LogP contribution in [0.5, 0.6) is 11.5 Å². The van der Waals surface area contributed by atoms with Gasteiger partial charge in [-0.25, -0.2) is 4.79 Å². The number of esters is 1. The predicted octanol–water partition coefficient (Wildman–Crippen LogP) is 3.91. The quantitative estimate of drug-likeness (QED) is 0.573. The number of hydrogen-bond donors (Lipinski definition) is 1. The molecule has 0 saturated carbocycles. The van der Waals surface area contributed by atoms with Crippen molar-refractivity contribution in [1.82, 2.24) is 0 Å². The minimum absolute atomic E-state index is 0.334. The van der Waals surface area contributed by atoms with E-state index in [0.717, 1.165) is 12.8 Å². The highest BCUT2D eigenvalue weighted by Gasteiger charge is 2.14. The smallest absolute Gasteiger partial charge is 0.338 e. The number of carbonyl (C=O) groups is 2. The second-order valence-corrected chi connectivity index (χ2v) is 5.59. The van der Waals surface area contributed by atoms with Gasteiger partial charge >= 0.3 is 5.97 Å². The van der Waals surface area contributed by atoms with Crippen molar-refractivity contribution in [2.24, 2.45) is 0 Å². The number of amides is 1. The van der Waals surface area contributed by atoms with E-state index >= 15 is 0 Å². The summed E-state index contributed by atoms with van der Waals surface area (Å²) in [6, 6.07) is 11.5. The van der Waals surface area contributed by atoms with Gasteiger partial charge in [0.05, 0.1) is 32.0 Å². The van der Waals surface area contributed by atoms with Gasteiger partial charge in [-0.1, -0.05) is 13.3 Å². The highest BCUT2D eigenvalue weighted by molar-refractivity contribution is 6.06.